The zero-order valence-electron chi connectivity index (χ0n) is 19.8. The molecule has 0 saturated carbocycles. The second-order valence-corrected chi connectivity index (χ2v) is 8.33. The van der Waals surface area contributed by atoms with Gasteiger partial charge in [-0.25, -0.2) is 14.6 Å². The lowest BCUT2D eigenvalue weighted by Gasteiger charge is -2.40. The summed E-state index contributed by atoms with van der Waals surface area (Å²) in [5.41, 5.74) is 2.47. The fourth-order valence-electron chi connectivity index (χ4n) is 3.55. The van der Waals surface area contributed by atoms with Gasteiger partial charge in [0.1, 0.15) is 34.5 Å². The fourth-order valence-corrected chi connectivity index (χ4v) is 3.55. The summed E-state index contributed by atoms with van der Waals surface area (Å²) in [6, 6.07) is 9.61. The van der Waals surface area contributed by atoms with Gasteiger partial charge in [-0.15, -0.1) is 0 Å². The smallest absolute Gasteiger partial charge is 0.422 e. The normalized spacial score (nSPS) is 14.2. The number of hydrazone groups is 1. The molecular formula is C24H23F7N6O. The third-order valence-corrected chi connectivity index (χ3v) is 5.67. The second-order valence-electron chi connectivity index (χ2n) is 8.33. The first kappa shape index (κ1) is 28.7. The average molecular weight is 544 g/mol. The van der Waals surface area contributed by atoms with Crippen LogP contribution in [0.3, 0.4) is 0 Å². The minimum Gasteiger partial charge on any atom is -0.484 e. The van der Waals surface area contributed by atoms with Gasteiger partial charge in [0, 0.05) is 23.4 Å². The molecule has 7 nitrogen and oxygen atoms in total. The van der Waals surface area contributed by atoms with Gasteiger partial charge >= 0.3 is 12.1 Å². The largest absolute Gasteiger partial charge is 0.484 e. The number of benzene rings is 2. The maximum Gasteiger partial charge on any atom is 0.422 e. The van der Waals surface area contributed by atoms with E-state index in [2.05, 4.69) is 14.8 Å². The van der Waals surface area contributed by atoms with Gasteiger partial charge in [-0.2, -0.15) is 27.1 Å². The SMILES string of the molecule is C/C(=N/N)N(N)CC(N)(c1ccc(F)cc1F)C(F)(F)c1ccc(-c2ccc(OCC(F)(F)F)cc2)cn1. The van der Waals surface area contributed by atoms with Crippen LogP contribution in [-0.4, -0.2) is 35.2 Å². The number of ether oxygens (including phenoxy) is 1. The minimum absolute atomic E-state index is 0.0425. The van der Waals surface area contributed by atoms with Crippen LogP contribution in [0.1, 0.15) is 18.2 Å². The highest BCUT2D eigenvalue weighted by atomic mass is 19.4. The molecule has 0 aliphatic heterocycles. The zero-order chi connectivity index (χ0) is 28.3. The molecule has 0 bridgehead atoms. The van der Waals surface area contributed by atoms with Gasteiger partial charge in [-0.05, 0) is 36.8 Å². The molecule has 0 fully saturated rings. The van der Waals surface area contributed by atoms with Crippen molar-refractivity contribution in [2.24, 2.45) is 22.5 Å². The molecule has 0 radical (unpaired) electrons. The Morgan fingerprint density at radius 1 is 0.974 bits per heavy atom. The molecule has 1 atom stereocenters. The summed E-state index contributed by atoms with van der Waals surface area (Å²) in [5.74, 6) is 4.42. The lowest BCUT2D eigenvalue weighted by Crippen LogP contribution is -2.60. The van der Waals surface area contributed by atoms with Crippen LogP contribution < -0.4 is 22.2 Å². The van der Waals surface area contributed by atoms with Crippen molar-refractivity contribution in [2.45, 2.75) is 24.6 Å². The molecule has 14 heteroatoms. The number of alkyl halides is 5. The van der Waals surface area contributed by atoms with Gasteiger partial charge in [0.05, 0.1) is 6.54 Å². The van der Waals surface area contributed by atoms with E-state index in [4.69, 9.17) is 17.4 Å². The molecule has 204 valence electrons. The molecular weight excluding hydrogens is 521 g/mol. The molecule has 1 aromatic heterocycles. The van der Waals surface area contributed by atoms with Crippen molar-refractivity contribution in [3.63, 3.8) is 0 Å². The minimum atomic E-state index is -4.50. The van der Waals surface area contributed by atoms with Crippen LogP contribution in [0, 0.1) is 11.6 Å². The molecule has 0 saturated heterocycles. The summed E-state index contributed by atoms with van der Waals surface area (Å²) in [6.07, 6.45) is -3.42. The van der Waals surface area contributed by atoms with Crippen molar-refractivity contribution < 1.29 is 35.5 Å². The summed E-state index contributed by atoms with van der Waals surface area (Å²) in [6.45, 7) is -1.05. The lowest BCUT2D eigenvalue weighted by atomic mass is 9.81. The van der Waals surface area contributed by atoms with Crippen LogP contribution >= 0.6 is 0 Å². The number of nitrogens with two attached hydrogens (primary N) is 3. The number of hydrogen-bond acceptors (Lipinski definition) is 6. The van der Waals surface area contributed by atoms with Crippen molar-refractivity contribution in [3.8, 4) is 16.9 Å². The summed E-state index contributed by atoms with van der Waals surface area (Å²) >= 11 is 0. The van der Waals surface area contributed by atoms with E-state index in [1.807, 2.05) is 0 Å². The van der Waals surface area contributed by atoms with Crippen LogP contribution in [0.4, 0.5) is 30.7 Å². The first-order valence-electron chi connectivity index (χ1n) is 10.8. The molecule has 1 unspecified atom stereocenters. The predicted molar refractivity (Wildman–Crippen MR) is 126 cm³/mol. The van der Waals surface area contributed by atoms with Gasteiger partial charge in [-0.3, -0.25) is 9.99 Å². The Bertz CT molecular complexity index is 1280. The van der Waals surface area contributed by atoms with Crippen LogP contribution in [0.25, 0.3) is 11.1 Å². The van der Waals surface area contributed by atoms with Crippen molar-refractivity contribution in [3.05, 3.63) is 83.7 Å². The predicted octanol–water partition coefficient (Wildman–Crippen LogP) is 4.38. The van der Waals surface area contributed by atoms with E-state index in [1.54, 1.807) is 0 Å². The number of aromatic nitrogens is 1. The van der Waals surface area contributed by atoms with Gasteiger partial charge in [0.15, 0.2) is 6.61 Å². The van der Waals surface area contributed by atoms with Crippen molar-refractivity contribution in [2.75, 3.05) is 13.2 Å². The Balaban J connectivity index is 1.95. The Labute approximate surface area is 212 Å². The van der Waals surface area contributed by atoms with Crippen LogP contribution in [0.5, 0.6) is 5.75 Å². The third kappa shape index (κ3) is 6.14. The number of hydrazine groups is 1. The van der Waals surface area contributed by atoms with E-state index in [9.17, 15) is 22.0 Å². The highest BCUT2D eigenvalue weighted by Gasteiger charge is 2.56. The first-order valence-corrected chi connectivity index (χ1v) is 10.8. The fraction of sp³-hybridized carbons (Fsp3) is 0.250. The Kier molecular flexibility index (Phi) is 8.17. The maximum absolute atomic E-state index is 16.0. The summed E-state index contributed by atoms with van der Waals surface area (Å²) in [5, 5.41) is 4.02. The molecule has 2 aromatic carbocycles. The number of halogens is 7. The number of hydrogen-bond donors (Lipinski definition) is 3. The second kappa shape index (κ2) is 10.8. The molecule has 0 aliphatic rings. The van der Waals surface area contributed by atoms with Gasteiger partial charge in [0.2, 0.25) is 0 Å². The van der Waals surface area contributed by atoms with Crippen LogP contribution in [-0.2, 0) is 11.5 Å². The number of pyridine rings is 1. The summed E-state index contributed by atoms with van der Waals surface area (Å²) < 4.78 is 102. The quantitative estimate of drug-likeness (QED) is 0.128. The number of rotatable bonds is 8. The van der Waals surface area contributed by atoms with Crippen molar-refractivity contribution in [1.82, 2.24) is 9.99 Å². The molecule has 3 aromatic rings. The molecule has 0 amide bonds. The number of nitrogens with zero attached hydrogens (tertiary/aromatic N) is 3. The van der Waals surface area contributed by atoms with E-state index < -0.39 is 53.7 Å². The van der Waals surface area contributed by atoms with Gasteiger partial charge in [0.25, 0.3) is 0 Å². The Morgan fingerprint density at radius 2 is 1.61 bits per heavy atom. The summed E-state index contributed by atoms with van der Waals surface area (Å²) in [7, 11) is 0. The molecule has 1 heterocycles. The van der Waals surface area contributed by atoms with Gasteiger partial charge < -0.3 is 16.3 Å². The molecule has 38 heavy (non-hydrogen) atoms. The highest BCUT2D eigenvalue weighted by Crippen LogP contribution is 2.44. The van der Waals surface area contributed by atoms with E-state index in [0.717, 1.165) is 24.4 Å². The zero-order valence-corrected chi connectivity index (χ0v) is 19.8. The van der Waals surface area contributed by atoms with E-state index in [0.29, 0.717) is 22.2 Å². The standard InChI is InChI=1S/C24H23F7N6O/c1-14(36-33)37(34)12-22(32,19-8-5-17(25)10-20(19)26)24(30,31)21-9-4-16(11-35-21)15-2-6-18(7-3-15)38-13-23(27,28)29/h2-11H,12-13,32-34H2,1H3/b36-14-. The van der Waals surface area contributed by atoms with E-state index >= 15 is 8.78 Å². The molecule has 0 spiro atoms. The molecule has 3 rings (SSSR count). The van der Waals surface area contributed by atoms with Crippen LogP contribution in [0.15, 0.2) is 65.9 Å². The monoisotopic (exact) mass is 544 g/mol. The van der Waals surface area contributed by atoms with Crippen molar-refractivity contribution >= 4 is 5.84 Å². The van der Waals surface area contributed by atoms with Crippen molar-refractivity contribution in [1.29, 1.82) is 0 Å². The van der Waals surface area contributed by atoms with Crippen LogP contribution in [0.2, 0.25) is 0 Å². The average Bonchev–Trinajstić information content (AvgIpc) is 2.86. The third-order valence-electron chi connectivity index (χ3n) is 5.67. The maximum atomic E-state index is 16.0. The first-order chi connectivity index (χ1) is 17.7. The molecule has 6 N–H and O–H groups in total. The molecule has 0 aliphatic carbocycles. The van der Waals surface area contributed by atoms with Gasteiger partial charge in [-0.1, -0.05) is 24.3 Å². The highest BCUT2D eigenvalue weighted by molar-refractivity contribution is 5.78. The van der Waals surface area contributed by atoms with E-state index in [-0.39, 0.29) is 11.6 Å². The number of amidine groups is 1. The van der Waals surface area contributed by atoms with E-state index in [1.165, 1.54) is 37.3 Å². The lowest BCUT2D eigenvalue weighted by molar-refractivity contribution is -0.153. The Hall–Kier alpha value is -3.91. The summed E-state index contributed by atoms with van der Waals surface area (Å²) in [4.78, 5) is 3.81. The topological polar surface area (TPSA) is 116 Å². The Morgan fingerprint density at radius 3 is 2.13 bits per heavy atom.